The summed E-state index contributed by atoms with van der Waals surface area (Å²) in [5.74, 6) is -0.758. The first-order valence-corrected chi connectivity index (χ1v) is 11.0. The minimum Gasteiger partial charge on any atom is -0.507 e. The molecule has 1 saturated heterocycles. The zero-order valence-corrected chi connectivity index (χ0v) is 19.9. The van der Waals surface area contributed by atoms with Crippen LogP contribution in [-0.2, 0) is 14.3 Å². The molecule has 176 valence electrons. The second-order valence-corrected chi connectivity index (χ2v) is 8.33. The van der Waals surface area contributed by atoms with E-state index in [4.69, 9.17) is 25.8 Å². The first-order chi connectivity index (χ1) is 15.8. The Morgan fingerprint density at radius 1 is 1.12 bits per heavy atom. The summed E-state index contributed by atoms with van der Waals surface area (Å²) in [6.45, 7) is 4.53. The summed E-state index contributed by atoms with van der Waals surface area (Å²) in [6.07, 6.45) is 0.478. The van der Waals surface area contributed by atoms with E-state index in [-0.39, 0.29) is 34.6 Å². The van der Waals surface area contributed by atoms with Crippen molar-refractivity contribution >= 4 is 29.1 Å². The Morgan fingerprint density at radius 2 is 1.88 bits per heavy atom. The number of hydrogen-bond acceptors (Lipinski definition) is 6. The summed E-state index contributed by atoms with van der Waals surface area (Å²) >= 11 is 6.33. The molecule has 1 N–H and O–H groups in total. The molecule has 1 atom stereocenters. The number of aliphatic hydroxyl groups excluding tert-OH is 1. The minimum atomic E-state index is -0.806. The maximum absolute atomic E-state index is 13.1. The van der Waals surface area contributed by atoms with Gasteiger partial charge in [0.15, 0.2) is 0 Å². The van der Waals surface area contributed by atoms with E-state index >= 15 is 0 Å². The smallest absolute Gasteiger partial charge is 0.295 e. The molecular formula is C25H28ClNO6. The number of ketones is 1. The maximum Gasteiger partial charge on any atom is 0.295 e. The average molecular weight is 474 g/mol. The van der Waals surface area contributed by atoms with Gasteiger partial charge in [0.05, 0.1) is 29.9 Å². The first kappa shape index (κ1) is 24.6. The van der Waals surface area contributed by atoms with E-state index in [1.807, 2.05) is 13.8 Å². The Hall–Kier alpha value is -3.03. The van der Waals surface area contributed by atoms with Crippen LogP contribution in [0.3, 0.4) is 0 Å². The van der Waals surface area contributed by atoms with Gasteiger partial charge >= 0.3 is 0 Å². The van der Waals surface area contributed by atoms with Crippen molar-refractivity contribution in [3.05, 3.63) is 64.2 Å². The van der Waals surface area contributed by atoms with E-state index in [1.54, 1.807) is 43.5 Å². The fourth-order valence-electron chi connectivity index (χ4n) is 3.82. The van der Waals surface area contributed by atoms with Crippen molar-refractivity contribution in [2.45, 2.75) is 32.4 Å². The molecule has 7 nitrogen and oxygen atoms in total. The molecule has 1 fully saturated rings. The fraction of sp³-hybridized carbons (Fsp3) is 0.360. The minimum absolute atomic E-state index is 0.0331. The highest BCUT2D eigenvalue weighted by molar-refractivity contribution is 6.47. The van der Waals surface area contributed by atoms with Gasteiger partial charge < -0.3 is 24.2 Å². The van der Waals surface area contributed by atoms with E-state index in [9.17, 15) is 14.7 Å². The number of methoxy groups -OCH3 is 2. The van der Waals surface area contributed by atoms with E-state index in [1.165, 1.54) is 18.1 Å². The van der Waals surface area contributed by atoms with Crippen molar-refractivity contribution in [2.75, 3.05) is 27.4 Å². The van der Waals surface area contributed by atoms with E-state index in [0.29, 0.717) is 30.1 Å². The van der Waals surface area contributed by atoms with Crippen LogP contribution < -0.4 is 9.47 Å². The quantitative estimate of drug-likeness (QED) is 0.248. The Labute approximate surface area is 198 Å². The van der Waals surface area contributed by atoms with Gasteiger partial charge in [-0.25, -0.2) is 0 Å². The number of benzene rings is 2. The van der Waals surface area contributed by atoms with Crippen LogP contribution in [0, 0.1) is 0 Å². The maximum atomic E-state index is 13.1. The molecular weight excluding hydrogens is 446 g/mol. The fourth-order valence-corrected chi connectivity index (χ4v) is 4.03. The summed E-state index contributed by atoms with van der Waals surface area (Å²) in [5, 5.41) is 11.5. The highest BCUT2D eigenvalue weighted by Gasteiger charge is 2.46. The lowest BCUT2D eigenvalue weighted by atomic mass is 9.95. The molecule has 1 amide bonds. The summed E-state index contributed by atoms with van der Waals surface area (Å²) in [5.41, 5.74) is 0.824. The van der Waals surface area contributed by atoms with Crippen LogP contribution in [0.4, 0.5) is 0 Å². The highest BCUT2D eigenvalue weighted by atomic mass is 35.5. The number of hydrogen-bond donors (Lipinski definition) is 1. The Kier molecular flexibility index (Phi) is 8.00. The van der Waals surface area contributed by atoms with Crippen molar-refractivity contribution in [1.29, 1.82) is 0 Å². The number of aliphatic hydroxyl groups is 1. The van der Waals surface area contributed by atoms with Crippen molar-refractivity contribution < 1.29 is 28.9 Å². The largest absolute Gasteiger partial charge is 0.507 e. The topological polar surface area (TPSA) is 85.3 Å². The molecule has 3 rings (SSSR count). The van der Waals surface area contributed by atoms with Crippen molar-refractivity contribution in [3.63, 3.8) is 0 Å². The average Bonchev–Trinajstić information content (AvgIpc) is 3.04. The van der Waals surface area contributed by atoms with Gasteiger partial charge in [-0.2, -0.15) is 0 Å². The molecule has 1 heterocycles. The molecule has 0 aliphatic carbocycles. The molecule has 0 bridgehead atoms. The second kappa shape index (κ2) is 10.7. The molecule has 1 aliphatic heterocycles. The first-order valence-electron chi connectivity index (χ1n) is 10.7. The van der Waals surface area contributed by atoms with Crippen LogP contribution in [0.15, 0.2) is 48.0 Å². The van der Waals surface area contributed by atoms with Gasteiger partial charge in [0, 0.05) is 25.8 Å². The number of carbonyl (C=O) groups excluding carboxylic acids is 2. The molecule has 8 heteroatoms. The predicted molar refractivity (Wildman–Crippen MR) is 126 cm³/mol. The van der Waals surface area contributed by atoms with Gasteiger partial charge in [0.25, 0.3) is 11.7 Å². The predicted octanol–water partition coefficient (Wildman–Crippen LogP) is 4.59. The third-order valence-corrected chi connectivity index (χ3v) is 5.59. The number of halogens is 1. The van der Waals surface area contributed by atoms with Gasteiger partial charge in [-0.05, 0) is 56.2 Å². The van der Waals surface area contributed by atoms with Gasteiger partial charge in [-0.15, -0.1) is 0 Å². The molecule has 0 aromatic heterocycles. The summed E-state index contributed by atoms with van der Waals surface area (Å²) < 4.78 is 16.2. The summed E-state index contributed by atoms with van der Waals surface area (Å²) in [7, 11) is 3.06. The highest BCUT2D eigenvalue weighted by Crippen LogP contribution is 2.41. The third kappa shape index (κ3) is 5.31. The number of Topliss-reactive ketones (excluding diaryl/α,β-unsaturated/α-hetero) is 1. The number of carbonyl (C=O) groups is 2. The van der Waals surface area contributed by atoms with Crippen LogP contribution in [0.5, 0.6) is 11.5 Å². The molecule has 33 heavy (non-hydrogen) atoms. The molecule has 1 unspecified atom stereocenters. The van der Waals surface area contributed by atoms with Gasteiger partial charge in [-0.1, -0.05) is 23.7 Å². The number of rotatable bonds is 9. The van der Waals surface area contributed by atoms with Crippen LogP contribution in [0.2, 0.25) is 5.02 Å². The lowest BCUT2D eigenvalue weighted by Crippen LogP contribution is -2.31. The SMILES string of the molecule is COCCCN1C(=O)C(=O)/C(=C(/O)c2cc(OC)ccc2Cl)C1c1cccc(OC(C)C)c1. The lowest BCUT2D eigenvalue weighted by Gasteiger charge is -2.26. The molecule has 1 aliphatic rings. The number of amides is 1. The van der Waals surface area contributed by atoms with Gasteiger partial charge in [0.2, 0.25) is 0 Å². The van der Waals surface area contributed by atoms with Crippen molar-refractivity contribution in [3.8, 4) is 11.5 Å². The zero-order valence-electron chi connectivity index (χ0n) is 19.1. The zero-order chi connectivity index (χ0) is 24.1. The van der Waals surface area contributed by atoms with Crippen LogP contribution in [-0.4, -0.2) is 55.2 Å². The van der Waals surface area contributed by atoms with Gasteiger partial charge in [0.1, 0.15) is 17.3 Å². The summed E-state index contributed by atoms with van der Waals surface area (Å²) in [4.78, 5) is 27.6. The second-order valence-electron chi connectivity index (χ2n) is 7.92. The molecule has 0 saturated carbocycles. The third-order valence-electron chi connectivity index (χ3n) is 5.26. The molecule has 0 spiro atoms. The van der Waals surface area contributed by atoms with E-state index in [0.717, 1.165) is 0 Å². The normalized spacial score (nSPS) is 17.6. The Balaban J connectivity index is 2.17. The monoisotopic (exact) mass is 473 g/mol. The van der Waals surface area contributed by atoms with Crippen LogP contribution in [0.25, 0.3) is 5.76 Å². The molecule has 0 radical (unpaired) electrons. The van der Waals surface area contributed by atoms with Crippen LogP contribution >= 0.6 is 11.6 Å². The Morgan fingerprint density at radius 3 is 2.55 bits per heavy atom. The van der Waals surface area contributed by atoms with E-state index in [2.05, 4.69) is 0 Å². The number of likely N-dealkylation sites (tertiary alicyclic amines) is 1. The van der Waals surface area contributed by atoms with Gasteiger partial charge in [-0.3, -0.25) is 9.59 Å². The van der Waals surface area contributed by atoms with Crippen molar-refractivity contribution in [1.82, 2.24) is 4.90 Å². The lowest BCUT2D eigenvalue weighted by molar-refractivity contribution is -0.140. The number of ether oxygens (including phenoxy) is 3. The molecule has 2 aromatic rings. The Bertz CT molecular complexity index is 1060. The standard InChI is InChI=1S/C25H28ClNO6/c1-15(2)33-18-8-5-7-16(13-18)22-21(24(29)25(30)27(22)11-6-12-31-3)23(28)19-14-17(32-4)9-10-20(19)26/h5,7-10,13-15,22,28H,6,11-12H2,1-4H3/b23-21+. The van der Waals surface area contributed by atoms with Crippen LogP contribution in [0.1, 0.15) is 37.4 Å². The molecule has 2 aromatic carbocycles. The summed E-state index contributed by atoms with van der Waals surface area (Å²) in [6, 6.07) is 11.1. The number of nitrogens with zero attached hydrogens (tertiary/aromatic N) is 1. The van der Waals surface area contributed by atoms with E-state index < -0.39 is 17.7 Å². The van der Waals surface area contributed by atoms with Crippen molar-refractivity contribution in [2.24, 2.45) is 0 Å².